The van der Waals surface area contributed by atoms with Gasteiger partial charge in [0.25, 0.3) is 0 Å². The van der Waals surface area contributed by atoms with Gasteiger partial charge in [-0.1, -0.05) is 6.07 Å². The van der Waals surface area contributed by atoms with Crippen molar-refractivity contribution in [2.45, 2.75) is 24.9 Å². The van der Waals surface area contributed by atoms with Gasteiger partial charge in [0.05, 0.1) is 18.0 Å². The first kappa shape index (κ1) is 17.0. The summed E-state index contributed by atoms with van der Waals surface area (Å²) in [6, 6.07) is 6.17. The molecule has 1 aliphatic rings. The standard InChI is InChI=1S/C15H16F2N2O4/c16-14(17)23-12-2-1-10(7-11(12)20)15(9-18)3-5-19(6-4-15)8-13(21)22/h1-2,7,14,20H,3-6,8H2,(H,21,22). The van der Waals surface area contributed by atoms with Crippen LogP contribution in [-0.4, -0.2) is 47.3 Å². The molecule has 1 fully saturated rings. The topological polar surface area (TPSA) is 93.8 Å². The second-order valence-electron chi connectivity index (χ2n) is 5.42. The van der Waals surface area contributed by atoms with Gasteiger partial charge in [0.2, 0.25) is 0 Å². The molecule has 0 aromatic heterocycles. The number of rotatable bonds is 5. The first-order valence-corrected chi connectivity index (χ1v) is 7.00. The van der Waals surface area contributed by atoms with Crippen LogP contribution in [0.25, 0.3) is 0 Å². The molecule has 1 aliphatic heterocycles. The van der Waals surface area contributed by atoms with E-state index in [4.69, 9.17) is 5.11 Å². The summed E-state index contributed by atoms with van der Waals surface area (Å²) in [5.74, 6) is -1.73. The van der Waals surface area contributed by atoms with Crippen LogP contribution < -0.4 is 4.74 Å². The van der Waals surface area contributed by atoms with Crippen LogP contribution in [0.4, 0.5) is 8.78 Å². The van der Waals surface area contributed by atoms with Crippen molar-refractivity contribution in [2.24, 2.45) is 0 Å². The molecule has 0 radical (unpaired) electrons. The van der Waals surface area contributed by atoms with Crippen molar-refractivity contribution >= 4 is 5.97 Å². The van der Waals surface area contributed by atoms with E-state index in [9.17, 15) is 23.9 Å². The number of piperidine rings is 1. The van der Waals surface area contributed by atoms with Crippen LogP contribution in [0.15, 0.2) is 18.2 Å². The molecule has 2 rings (SSSR count). The molecule has 0 saturated carbocycles. The van der Waals surface area contributed by atoms with Crippen molar-refractivity contribution in [1.29, 1.82) is 5.26 Å². The molecule has 0 amide bonds. The van der Waals surface area contributed by atoms with Gasteiger partial charge in [-0.2, -0.15) is 14.0 Å². The normalized spacial score (nSPS) is 17.7. The zero-order valence-corrected chi connectivity index (χ0v) is 12.2. The van der Waals surface area contributed by atoms with Crippen LogP contribution >= 0.6 is 0 Å². The smallest absolute Gasteiger partial charge is 0.387 e. The minimum absolute atomic E-state index is 0.0894. The molecule has 1 heterocycles. The first-order valence-electron chi connectivity index (χ1n) is 7.00. The highest BCUT2D eigenvalue weighted by molar-refractivity contribution is 5.69. The summed E-state index contributed by atoms with van der Waals surface area (Å²) in [5.41, 5.74) is -0.371. The largest absolute Gasteiger partial charge is 0.504 e. The Morgan fingerprint density at radius 3 is 2.57 bits per heavy atom. The summed E-state index contributed by atoms with van der Waals surface area (Å²) in [6.45, 7) is -2.28. The number of likely N-dealkylation sites (tertiary alicyclic amines) is 1. The third kappa shape index (κ3) is 3.87. The van der Waals surface area contributed by atoms with Gasteiger partial charge in [-0.3, -0.25) is 9.69 Å². The minimum Gasteiger partial charge on any atom is -0.504 e. The summed E-state index contributed by atoms with van der Waals surface area (Å²) in [7, 11) is 0. The number of nitrogens with zero attached hydrogens (tertiary/aromatic N) is 2. The van der Waals surface area contributed by atoms with Gasteiger partial charge in [0.1, 0.15) is 0 Å². The van der Waals surface area contributed by atoms with Crippen LogP contribution in [0.1, 0.15) is 18.4 Å². The number of carbonyl (C=O) groups is 1. The van der Waals surface area contributed by atoms with Crippen molar-refractivity contribution in [1.82, 2.24) is 4.90 Å². The average molecular weight is 326 g/mol. The number of phenolic OH excluding ortho intramolecular Hbond substituents is 1. The molecule has 124 valence electrons. The molecule has 23 heavy (non-hydrogen) atoms. The van der Waals surface area contributed by atoms with Crippen molar-refractivity contribution in [3.05, 3.63) is 23.8 Å². The molecule has 6 nitrogen and oxygen atoms in total. The van der Waals surface area contributed by atoms with Crippen LogP contribution in [0.2, 0.25) is 0 Å². The maximum atomic E-state index is 12.2. The maximum Gasteiger partial charge on any atom is 0.387 e. The summed E-state index contributed by atoms with van der Waals surface area (Å²) in [5, 5.41) is 28.1. The van der Waals surface area contributed by atoms with Crippen molar-refractivity contribution in [3.8, 4) is 17.6 Å². The third-order valence-corrected chi connectivity index (χ3v) is 4.01. The Morgan fingerprint density at radius 2 is 2.09 bits per heavy atom. The zero-order valence-electron chi connectivity index (χ0n) is 12.2. The lowest BCUT2D eigenvalue weighted by Crippen LogP contribution is -2.43. The van der Waals surface area contributed by atoms with E-state index >= 15 is 0 Å². The summed E-state index contributed by atoms with van der Waals surface area (Å²) >= 11 is 0. The molecule has 0 bridgehead atoms. The fourth-order valence-corrected chi connectivity index (χ4v) is 2.76. The van der Waals surface area contributed by atoms with Gasteiger partial charge in [0.15, 0.2) is 11.5 Å². The number of carboxylic acid groups (broad SMARTS) is 1. The van der Waals surface area contributed by atoms with Crippen molar-refractivity contribution in [2.75, 3.05) is 19.6 Å². The minimum atomic E-state index is -3.05. The van der Waals surface area contributed by atoms with E-state index in [1.54, 1.807) is 4.90 Å². The number of carboxylic acids is 1. The highest BCUT2D eigenvalue weighted by Crippen LogP contribution is 2.39. The average Bonchev–Trinajstić information content (AvgIpc) is 2.49. The highest BCUT2D eigenvalue weighted by Gasteiger charge is 2.37. The molecule has 1 aromatic rings. The molecular weight excluding hydrogens is 310 g/mol. The van der Waals surface area contributed by atoms with Gasteiger partial charge in [0, 0.05) is 13.1 Å². The van der Waals surface area contributed by atoms with E-state index in [0.717, 1.165) is 0 Å². The molecule has 2 N–H and O–H groups in total. The number of ether oxygens (including phenoxy) is 1. The second kappa shape index (κ2) is 6.79. The number of benzene rings is 1. The molecule has 8 heteroatoms. The highest BCUT2D eigenvalue weighted by atomic mass is 19.3. The molecule has 1 saturated heterocycles. The van der Waals surface area contributed by atoms with E-state index in [2.05, 4.69) is 10.8 Å². The lowest BCUT2D eigenvalue weighted by Gasteiger charge is -2.37. The lowest BCUT2D eigenvalue weighted by molar-refractivity contribution is -0.138. The van der Waals surface area contributed by atoms with Crippen molar-refractivity contribution in [3.63, 3.8) is 0 Å². The Balaban J connectivity index is 2.17. The second-order valence-corrected chi connectivity index (χ2v) is 5.42. The Bertz CT molecular complexity index is 622. The predicted octanol–water partition coefficient (Wildman–Crippen LogP) is 1.94. The summed E-state index contributed by atoms with van der Waals surface area (Å²) in [6.07, 6.45) is 0.788. The van der Waals surface area contributed by atoms with E-state index in [-0.39, 0.29) is 12.3 Å². The zero-order chi connectivity index (χ0) is 17.0. The maximum absolute atomic E-state index is 12.2. The van der Waals surface area contributed by atoms with E-state index < -0.39 is 23.7 Å². The molecular formula is C15H16F2N2O4. The van der Waals surface area contributed by atoms with Gasteiger partial charge < -0.3 is 14.9 Å². The SMILES string of the molecule is N#CC1(c2ccc(OC(F)F)c(O)c2)CCN(CC(=O)O)CC1. The predicted molar refractivity (Wildman–Crippen MR) is 75.3 cm³/mol. The number of halogens is 2. The first-order chi connectivity index (χ1) is 10.9. The van der Waals surface area contributed by atoms with Crippen LogP contribution in [0.3, 0.4) is 0 Å². The van der Waals surface area contributed by atoms with E-state index in [1.165, 1.54) is 18.2 Å². The number of nitriles is 1. The molecule has 0 aliphatic carbocycles. The van der Waals surface area contributed by atoms with Crippen LogP contribution in [-0.2, 0) is 10.2 Å². The number of alkyl halides is 2. The summed E-state index contributed by atoms with van der Waals surface area (Å²) < 4.78 is 28.6. The number of aromatic hydroxyl groups is 1. The third-order valence-electron chi connectivity index (χ3n) is 4.01. The number of hydrogen-bond acceptors (Lipinski definition) is 5. The number of aliphatic carboxylic acids is 1. The quantitative estimate of drug-likeness (QED) is 0.859. The van der Waals surface area contributed by atoms with Gasteiger partial charge >= 0.3 is 12.6 Å². The Hall–Kier alpha value is -2.40. The Labute approximate surface area is 131 Å². The Morgan fingerprint density at radius 1 is 1.43 bits per heavy atom. The molecule has 0 atom stereocenters. The molecule has 0 unspecified atom stereocenters. The fraction of sp³-hybridized carbons (Fsp3) is 0.467. The van der Waals surface area contributed by atoms with Gasteiger partial charge in [-0.15, -0.1) is 0 Å². The molecule has 1 aromatic carbocycles. The lowest BCUT2D eigenvalue weighted by atomic mass is 9.74. The van der Waals surface area contributed by atoms with E-state index in [1.807, 2.05) is 0 Å². The molecule has 0 spiro atoms. The van der Waals surface area contributed by atoms with Crippen molar-refractivity contribution < 1.29 is 28.5 Å². The monoisotopic (exact) mass is 326 g/mol. The van der Waals surface area contributed by atoms with Crippen LogP contribution in [0, 0.1) is 11.3 Å². The number of phenols is 1. The summed E-state index contributed by atoms with van der Waals surface area (Å²) in [4.78, 5) is 12.5. The van der Waals surface area contributed by atoms with Crippen LogP contribution in [0.5, 0.6) is 11.5 Å². The van der Waals surface area contributed by atoms with Gasteiger partial charge in [-0.25, -0.2) is 0 Å². The van der Waals surface area contributed by atoms with E-state index in [0.29, 0.717) is 31.5 Å². The van der Waals surface area contributed by atoms with Gasteiger partial charge in [-0.05, 0) is 30.5 Å². The Kier molecular flexibility index (Phi) is 5.01. The fourth-order valence-electron chi connectivity index (χ4n) is 2.76. The number of hydrogen-bond donors (Lipinski definition) is 2.